The first-order chi connectivity index (χ1) is 11.8. The highest BCUT2D eigenvalue weighted by atomic mass is 35.5. The van der Waals surface area contributed by atoms with E-state index in [1.807, 2.05) is 0 Å². The van der Waals surface area contributed by atoms with Gasteiger partial charge in [-0.3, -0.25) is 19.7 Å². The molecule has 0 aliphatic carbocycles. The van der Waals surface area contributed by atoms with Gasteiger partial charge in [0.25, 0.3) is 0 Å². The van der Waals surface area contributed by atoms with Crippen molar-refractivity contribution < 1.29 is 24.4 Å². The first-order valence-corrected chi connectivity index (χ1v) is 7.96. The van der Waals surface area contributed by atoms with Crippen LogP contribution in [0.15, 0.2) is 17.8 Å². The molecule has 0 aromatic heterocycles. The highest BCUT2D eigenvalue weighted by Gasteiger charge is 2.14. The van der Waals surface area contributed by atoms with Crippen LogP contribution >= 0.6 is 23.2 Å². The fourth-order valence-electron chi connectivity index (χ4n) is 1.75. The number of nitrogens with one attached hydrogen (secondary N) is 1. The molecular weight excluding hydrogens is 375 g/mol. The van der Waals surface area contributed by atoms with E-state index in [0.717, 1.165) is 0 Å². The van der Waals surface area contributed by atoms with Crippen molar-refractivity contribution in [3.05, 3.63) is 43.6 Å². The molecule has 0 heterocycles. The largest absolute Gasteiger partial charge is 0.491 e. The predicted octanol–water partition coefficient (Wildman–Crippen LogP) is 2.99. The Bertz CT molecular complexity index is 706. The monoisotopic (exact) mass is 390 g/mol. The Morgan fingerprint density at radius 1 is 1.36 bits per heavy atom. The summed E-state index contributed by atoms with van der Waals surface area (Å²) in [5.41, 5.74) is 0.369. The van der Waals surface area contributed by atoms with Gasteiger partial charge in [-0.2, -0.15) is 0 Å². The normalized spacial score (nSPS) is 11.1. The van der Waals surface area contributed by atoms with E-state index in [4.69, 9.17) is 33.0 Å². The molecule has 136 valence electrons. The van der Waals surface area contributed by atoms with E-state index in [1.165, 1.54) is 18.2 Å². The maximum absolute atomic E-state index is 11.4. The number of ether oxygens (including phenoxy) is 1. The molecule has 0 aliphatic rings. The molecule has 0 radical (unpaired) electrons. The number of amides is 1. The molecule has 0 saturated heterocycles. The molecule has 0 bridgehead atoms. The lowest BCUT2D eigenvalue weighted by atomic mass is 10.1. The molecule has 2 N–H and O–H groups in total. The van der Waals surface area contributed by atoms with Gasteiger partial charge in [0.05, 0.1) is 23.0 Å². The van der Waals surface area contributed by atoms with Crippen LogP contribution in [-0.4, -0.2) is 35.1 Å². The molecule has 0 unspecified atom stereocenters. The van der Waals surface area contributed by atoms with Crippen LogP contribution < -0.4 is 10.1 Å². The van der Waals surface area contributed by atoms with Gasteiger partial charge in [0.1, 0.15) is 17.3 Å². The number of allylic oxidation sites excluding steroid dienone is 1. The minimum absolute atomic E-state index is 0.0123. The average molecular weight is 391 g/mol. The average Bonchev–Trinajstić information content (AvgIpc) is 2.55. The summed E-state index contributed by atoms with van der Waals surface area (Å²) in [6.07, 6.45) is 1.49. The summed E-state index contributed by atoms with van der Waals surface area (Å²) in [5.74, 6) is -1.41. The Kier molecular flexibility index (Phi) is 8.17. The molecule has 0 fully saturated rings. The summed E-state index contributed by atoms with van der Waals surface area (Å²) < 4.78 is 5.35. The standard InChI is InChI=1S/C15H16Cl2N2O6/c1-2-10(19(23)24)7-9-3-4-11(15(17)14(9)16)25-6-5-12(20)18-8-13(21)22/h3-4,7H,2,5-6,8H2,1H3,(H,18,20)(H,21,22)/b10-7-. The molecule has 1 amide bonds. The molecule has 10 heteroatoms. The van der Waals surface area contributed by atoms with E-state index in [2.05, 4.69) is 5.32 Å². The Labute approximate surface area is 153 Å². The molecule has 25 heavy (non-hydrogen) atoms. The number of carbonyl (C=O) groups is 2. The van der Waals surface area contributed by atoms with Crippen LogP contribution in [0.5, 0.6) is 5.75 Å². The second kappa shape index (κ2) is 9.85. The minimum Gasteiger partial charge on any atom is -0.491 e. The first kappa shape index (κ1) is 20.7. The van der Waals surface area contributed by atoms with Crippen molar-refractivity contribution in [2.45, 2.75) is 19.8 Å². The van der Waals surface area contributed by atoms with Gasteiger partial charge in [-0.05, 0) is 12.1 Å². The highest BCUT2D eigenvalue weighted by molar-refractivity contribution is 6.43. The Balaban J connectivity index is 2.75. The fraction of sp³-hybridized carbons (Fsp3) is 0.333. The molecule has 1 aromatic carbocycles. The number of nitro groups is 1. The molecular formula is C15H16Cl2N2O6. The Hall–Kier alpha value is -2.32. The summed E-state index contributed by atoms with van der Waals surface area (Å²) in [5, 5.41) is 21.7. The second-order valence-electron chi connectivity index (χ2n) is 4.80. The summed E-state index contributed by atoms with van der Waals surface area (Å²) >= 11 is 12.2. The third-order valence-electron chi connectivity index (χ3n) is 3.02. The lowest BCUT2D eigenvalue weighted by molar-refractivity contribution is -0.425. The maximum atomic E-state index is 11.4. The van der Waals surface area contributed by atoms with Crippen LogP contribution in [0.25, 0.3) is 6.08 Å². The minimum atomic E-state index is -1.14. The van der Waals surface area contributed by atoms with E-state index in [0.29, 0.717) is 5.56 Å². The molecule has 1 aromatic rings. The number of rotatable bonds is 9. The van der Waals surface area contributed by atoms with E-state index >= 15 is 0 Å². The van der Waals surface area contributed by atoms with Crippen LogP contribution in [0.4, 0.5) is 0 Å². The van der Waals surface area contributed by atoms with Crippen LogP contribution in [0, 0.1) is 10.1 Å². The fourth-order valence-corrected chi connectivity index (χ4v) is 2.19. The van der Waals surface area contributed by atoms with E-state index in [-0.39, 0.29) is 40.9 Å². The molecule has 0 atom stereocenters. The van der Waals surface area contributed by atoms with E-state index in [1.54, 1.807) is 6.92 Å². The van der Waals surface area contributed by atoms with E-state index in [9.17, 15) is 19.7 Å². The van der Waals surface area contributed by atoms with Gasteiger partial charge in [0.2, 0.25) is 11.6 Å². The van der Waals surface area contributed by atoms with E-state index < -0.39 is 23.3 Å². The van der Waals surface area contributed by atoms with Gasteiger partial charge in [-0.15, -0.1) is 0 Å². The predicted molar refractivity (Wildman–Crippen MR) is 92.5 cm³/mol. The van der Waals surface area contributed by atoms with Crippen molar-refractivity contribution in [2.24, 2.45) is 0 Å². The smallest absolute Gasteiger partial charge is 0.322 e. The Morgan fingerprint density at radius 2 is 2.04 bits per heavy atom. The zero-order valence-electron chi connectivity index (χ0n) is 13.3. The number of carboxylic acids is 1. The summed E-state index contributed by atoms with van der Waals surface area (Å²) in [7, 11) is 0. The zero-order valence-corrected chi connectivity index (χ0v) is 14.8. The molecule has 1 rings (SSSR count). The van der Waals surface area contributed by atoms with Gasteiger partial charge in [0.15, 0.2) is 0 Å². The van der Waals surface area contributed by atoms with Gasteiger partial charge >= 0.3 is 5.97 Å². The Morgan fingerprint density at radius 3 is 2.60 bits per heavy atom. The number of halogens is 2. The second-order valence-corrected chi connectivity index (χ2v) is 5.55. The van der Waals surface area contributed by atoms with Gasteiger partial charge in [-0.25, -0.2) is 0 Å². The third-order valence-corrected chi connectivity index (χ3v) is 3.90. The number of carboxylic acid groups (broad SMARTS) is 1. The molecule has 8 nitrogen and oxygen atoms in total. The van der Waals surface area contributed by atoms with Crippen LogP contribution in [0.1, 0.15) is 25.3 Å². The SMILES string of the molecule is CC/C(=C/c1ccc(OCCC(=O)NCC(=O)O)c(Cl)c1Cl)[N+](=O)[O-]. The summed E-state index contributed by atoms with van der Waals surface area (Å²) in [6, 6.07) is 3.01. The lowest BCUT2D eigenvalue weighted by Crippen LogP contribution is -2.30. The van der Waals surface area contributed by atoms with Crippen molar-refractivity contribution in [3.8, 4) is 5.75 Å². The first-order valence-electron chi connectivity index (χ1n) is 7.20. The van der Waals surface area contributed by atoms with Crippen LogP contribution in [0.2, 0.25) is 10.0 Å². The number of carbonyl (C=O) groups excluding carboxylic acids is 1. The topological polar surface area (TPSA) is 119 Å². The number of aliphatic carboxylic acids is 1. The van der Waals surface area contributed by atoms with Crippen molar-refractivity contribution >= 4 is 41.2 Å². The van der Waals surface area contributed by atoms with Crippen molar-refractivity contribution in [1.82, 2.24) is 5.32 Å². The third kappa shape index (κ3) is 6.60. The van der Waals surface area contributed by atoms with Gasteiger partial charge < -0.3 is 15.2 Å². The van der Waals surface area contributed by atoms with Crippen LogP contribution in [0.3, 0.4) is 0 Å². The van der Waals surface area contributed by atoms with Crippen LogP contribution in [-0.2, 0) is 9.59 Å². The zero-order chi connectivity index (χ0) is 19.0. The number of hydrogen-bond donors (Lipinski definition) is 2. The molecule has 0 spiro atoms. The molecule has 0 saturated carbocycles. The van der Waals surface area contributed by atoms with Gasteiger partial charge in [-0.1, -0.05) is 30.1 Å². The summed E-state index contributed by atoms with van der Waals surface area (Å²) in [6.45, 7) is 1.14. The number of hydrogen-bond acceptors (Lipinski definition) is 5. The lowest BCUT2D eigenvalue weighted by Gasteiger charge is -2.10. The van der Waals surface area contributed by atoms with Gasteiger partial charge in [0, 0.05) is 18.1 Å². The maximum Gasteiger partial charge on any atom is 0.322 e. The molecule has 0 aliphatic heterocycles. The van der Waals surface area contributed by atoms with Crippen molar-refractivity contribution in [2.75, 3.05) is 13.2 Å². The summed E-state index contributed by atoms with van der Waals surface area (Å²) in [4.78, 5) is 32.1. The van der Waals surface area contributed by atoms with Crippen molar-refractivity contribution in [1.29, 1.82) is 0 Å². The highest BCUT2D eigenvalue weighted by Crippen LogP contribution is 2.36. The van der Waals surface area contributed by atoms with Crippen molar-refractivity contribution in [3.63, 3.8) is 0 Å². The quantitative estimate of drug-likeness (QED) is 0.494. The number of benzene rings is 1. The number of nitrogens with zero attached hydrogens (tertiary/aromatic N) is 1.